The van der Waals surface area contributed by atoms with Gasteiger partial charge >= 0.3 is 0 Å². The van der Waals surface area contributed by atoms with Gasteiger partial charge in [-0.15, -0.1) is 0 Å². The first-order valence-corrected chi connectivity index (χ1v) is 8.67. The molecular formula is C22H20N2O3. The largest absolute Gasteiger partial charge is 0.492 e. The highest BCUT2D eigenvalue weighted by Gasteiger charge is 2.10. The van der Waals surface area contributed by atoms with E-state index in [1.807, 2.05) is 37.3 Å². The summed E-state index contributed by atoms with van der Waals surface area (Å²) in [6, 6.07) is 23.0. The first kappa shape index (κ1) is 18.2. The number of ether oxygens (including phenoxy) is 1. The van der Waals surface area contributed by atoms with E-state index in [1.54, 1.807) is 48.5 Å². The summed E-state index contributed by atoms with van der Waals surface area (Å²) >= 11 is 0. The molecule has 3 aromatic carbocycles. The molecule has 27 heavy (non-hydrogen) atoms. The summed E-state index contributed by atoms with van der Waals surface area (Å²) in [5.41, 5.74) is 2.30. The van der Waals surface area contributed by atoms with Gasteiger partial charge in [0.25, 0.3) is 11.8 Å². The molecule has 2 N–H and O–H groups in total. The smallest absolute Gasteiger partial charge is 0.255 e. The van der Waals surface area contributed by atoms with E-state index in [-0.39, 0.29) is 11.8 Å². The Kier molecular flexibility index (Phi) is 5.84. The second-order valence-electron chi connectivity index (χ2n) is 5.78. The van der Waals surface area contributed by atoms with Crippen LogP contribution in [-0.2, 0) is 0 Å². The highest BCUT2D eigenvalue weighted by molar-refractivity contribution is 6.06. The van der Waals surface area contributed by atoms with E-state index in [0.717, 1.165) is 0 Å². The number of amides is 2. The lowest BCUT2D eigenvalue weighted by atomic mass is 10.1. The first-order chi connectivity index (χ1) is 13.2. The van der Waals surface area contributed by atoms with Crippen LogP contribution in [0.4, 0.5) is 11.4 Å². The molecule has 0 aliphatic heterocycles. The fourth-order valence-corrected chi connectivity index (χ4v) is 2.54. The third-order valence-electron chi connectivity index (χ3n) is 3.88. The fourth-order valence-electron chi connectivity index (χ4n) is 2.54. The number of nitrogens with one attached hydrogen (secondary N) is 2. The van der Waals surface area contributed by atoms with Gasteiger partial charge < -0.3 is 15.4 Å². The maximum Gasteiger partial charge on any atom is 0.255 e. The Morgan fingerprint density at radius 2 is 1.33 bits per heavy atom. The minimum Gasteiger partial charge on any atom is -0.492 e. The van der Waals surface area contributed by atoms with Crippen molar-refractivity contribution in [2.24, 2.45) is 0 Å². The van der Waals surface area contributed by atoms with Crippen LogP contribution in [0.25, 0.3) is 0 Å². The molecule has 0 aromatic heterocycles. The SMILES string of the molecule is CCOc1ccccc1NC(=O)c1ccc(NC(=O)c2ccccc2)cc1. The Morgan fingerprint density at radius 1 is 0.741 bits per heavy atom. The van der Waals surface area contributed by atoms with Gasteiger partial charge in [0, 0.05) is 16.8 Å². The molecule has 0 heterocycles. The third kappa shape index (κ3) is 4.73. The zero-order valence-corrected chi connectivity index (χ0v) is 14.9. The van der Waals surface area contributed by atoms with Crippen LogP contribution in [0.2, 0.25) is 0 Å². The van der Waals surface area contributed by atoms with Crippen LogP contribution < -0.4 is 15.4 Å². The van der Waals surface area contributed by atoms with Crippen LogP contribution in [0, 0.1) is 0 Å². The number of carbonyl (C=O) groups excluding carboxylic acids is 2. The molecule has 2 amide bonds. The predicted octanol–water partition coefficient (Wildman–Crippen LogP) is 4.59. The van der Waals surface area contributed by atoms with Crippen LogP contribution in [0.3, 0.4) is 0 Å². The lowest BCUT2D eigenvalue weighted by Crippen LogP contribution is -2.14. The normalized spacial score (nSPS) is 10.1. The molecule has 3 rings (SSSR count). The molecule has 5 nitrogen and oxygen atoms in total. The van der Waals surface area contributed by atoms with Crippen LogP contribution in [0.15, 0.2) is 78.9 Å². The number of hydrogen-bond acceptors (Lipinski definition) is 3. The lowest BCUT2D eigenvalue weighted by Gasteiger charge is -2.11. The second kappa shape index (κ2) is 8.67. The molecule has 0 bridgehead atoms. The second-order valence-corrected chi connectivity index (χ2v) is 5.78. The van der Waals surface area contributed by atoms with Gasteiger partial charge in [-0.05, 0) is 55.5 Å². The van der Waals surface area contributed by atoms with Gasteiger partial charge in [0.2, 0.25) is 0 Å². The van der Waals surface area contributed by atoms with Crippen molar-refractivity contribution >= 4 is 23.2 Å². The summed E-state index contributed by atoms with van der Waals surface area (Å²) in [5.74, 6) is 0.182. The molecule has 3 aromatic rings. The van der Waals surface area contributed by atoms with Crippen molar-refractivity contribution in [2.75, 3.05) is 17.2 Å². The number of rotatable bonds is 6. The molecular weight excluding hydrogens is 340 g/mol. The molecule has 0 radical (unpaired) electrons. The molecule has 0 saturated carbocycles. The van der Waals surface area contributed by atoms with E-state index in [2.05, 4.69) is 10.6 Å². The van der Waals surface area contributed by atoms with Crippen molar-refractivity contribution in [3.8, 4) is 5.75 Å². The zero-order chi connectivity index (χ0) is 19.1. The predicted molar refractivity (Wildman–Crippen MR) is 106 cm³/mol. The van der Waals surface area contributed by atoms with Crippen molar-refractivity contribution in [3.63, 3.8) is 0 Å². The molecule has 0 atom stereocenters. The number of benzene rings is 3. The standard InChI is InChI=1S/C22H20N2O3/c1-2-27-20-11-7-6-10-19(20)24-22(26)17-12-14-18(15-13-17)23-21(25)16-8-4-3-5-9-16/h3-15H,2H2,1H3,(H,23,25)(H,24,26). The first-order valence-electron chi connectivity index (χ1n) is 8.67. The van der Waals surface area contributed by atoms with E-state index in [0.29, 0.717) is 34.9 Å². The highest BCUT2D eigenvalue weighted by atomic mass is 16.5. The van der Waals surface area contributed by atoms with Crippen molar-refractivity contribution in [2.45, 2.75) is 6.92 Å². The van der Waals surface area contributed by atoms with Crippen molar-refractivity contribution < 1.29 is 14.3 Å². The topological polar surface area (TPSA) is 67.4 Å². The molecule has 136 valence electrons. The Bertz CT molecular complexity index is 922. The van der Waals surface area contributed by atoms with Gasteiger partial charge in [0.15, 0.2) is 0 Å². The van der Waals surface area contributed by atoms with Crippen LogP contribution in [-0.4, -0.2) is 18.4 Å². The van der Waals surface area contributed by atoms with E-state index in [1.165, 1.54) is 0 Å². The number of para-hydroxylation sites is 2. The summed E-state index contributed by atoms with van der Waals surface area (Å²) in [6.45, 7) is 2.41. The molecule has 0 aliphatic rings. The van der Waals surface area contributed by atoms with E-state index in [4.69, 9.17) is 4.74 Å². The number of hydrogen-bond donors (Lipinski definition) is 2. The lowest BCUT2D eigenvalue weighted by molar-refractivity contribution is 0.101. The molecule has 0 unspecified atom stereocenters. The van der Waals surface area contributed by atoms with Gasteiger partial charge in [0.1, 0.15) is 5.75 Å². The molecule has 0 aliphatic carbocycles. The maximum absolute atomic E-state index is 12.5. The minimum atomic E-state index is -0.247. The quantitative estimate of drug-likeness (QED) is 0.676. The van der Waals surface area contributed by atoms with Crippen LogP contribution in [0.1, 0.15) is 27.6 Å². The summed E-state index contributed by atoms with van der Waals surface area (Å²) in [7, 11) is 0. The molecule has 0 spiro atoms. The van der Waals surface area contributed by atoms with E-state index in [9.17, 15) is 9.59 Å². The fraction of sp³-hybridized carbons (Fsp3) is 0.0909. The molecule has 0 saturated heterocycles. The summed E-state index contributed by atoms with van der Waals surface area (Å²) in [5, 5.41) is 5.66. The van der Waals surface area contributed by atoms with E-state index >= 15 is 0 Å². The van der Waals surface area contributed by atoms with Crippen molar-refractivity contribution in [3.05, 3.63) is 90.0 Å². The monoisotopic (exact) mass is 360 g/mol. The van der Waals surface area contributed by atoms with Gasteiger partial charge in [-0.25, -0.2) is 0 Å². The summed E-state index contributed by atoms with van der Waals surface area (Å²) in [6.07, 6.45) is 0. The van der Waals surface area contributed by atoms with Crippen LogP contribution in [0.5, 0.6) is 5.75 Å². The zero-order valence-electron chi connectivity index (χ0n) is 14.9. The Morgan fingerprint density at radius 3 is 2.04 bits per heavy atom. The van der Waals surface area contributed by atoms with Gasteiger partial charge in [-0.2, -0.15) is 0 Å². The van der Waals surface area contributed by atoms with Gasteiger partial charge in [-0.3, -0.25) is 9.59 Å². The Balaban J connectivity index is 1.66. The Hall–Kier alpha value is -3.60. The van der Waals surface area contributed by atoms with Crippen LogP contribution >= 0.6 is 0 Å². The van der Waals surface area contributed by atoms with E-state index < -0.39 is 0 Å². The van der Waals surface area contributed by atoms with Gasteiger partial charge in [0.05, 0.1) is 12.3 Å². The third-order valence-corrected chi connectivity index (χ3v) is 3.88. The Labute approximate surface area is 158 Å². The van der Waals surface area contributed by atoms with Crippen molar-refractivity contribution in [1.82, 2.24) is 0 Å². The van der Waals surface area contributed by atoms with Crippen molar-refractivity contribution in [1.29, 1.82) is 0 Å². The molecule has 0 fully saturated rings. The summed E-state index contributed by atoms with van der Waals surface area (Å²) in [4.78, 5) is 24.6. The average Bonchev–Trinajstić information content (AvgIpc) is 2.71. The minimum absolute atomic E-state index is 0.196. The molecule has 5 heteroatoms. The van der Waals surface area contributed by atoms with Gasteiger partial charge in [-0.1, -0.05) is 30.3 Å². The summed E-state index contributed by atoms with van der Waals surface area (Å²) < 4.78 is 5.52. The number of anilines is 2. The average molecular weight is 360 g/mol. The number of carbonyl (C=O) groups is 2. The maximum atomic E-state index is 12.5. The highest BCUT2D eigenvalue weighted by Crippen LogP contribution is 2.24.